The molecular weight excluding hydrogens is 228 g/mol. The Balaban J connectivity index is -0.00000000161. The fourth-order valence-electron chi connectivity index (χ4n) is 0. The van der Waals surface area contributed by atoms with E-state index in [4.69, 9.17) is 14.1 Å². The van der Waals surface area contributed by atoms with Gasteiger partial charge in [0.05, 0.1) is 0 Å². The Morgan fingerprint density at radius 1 is 1.00 bits per heavy atom. The molecule has 0 aliphatic carbocycles. The van der Waals surface area contributed by atoms with E-state index in [2.05, 4.69) is 0 Å². The van der Waals surface area contributed by atoms with Crippen LogP contribution in [0.3, 0.4) is 0 Å². The largest absolute Gasteiger partial charge is 2.00 e. The first-order valence-corrected chi connectivity index (χ1v) is 1.95. The van der Waals surface area contributed by atoms with E-state index < -0.39 is 9.17 Å². The standard InChI is InChI=1S/Ca.H2O3Si.4H2O.Ti.2H/c;1-4(2)3;;;;;;;/h;1-2H;4*1H2;;;/q+2;;;;;;;2*-1. The van der Waals surface area contributed by atoms with Crippen molar-refractivity contribution in [3.8, 4) is 0 Å². The predicted molar refractivity (Wildman–Crippen MR) is 33.3 cm³/mol. The third-order valence-electron chi connectivity index (χ3n) is 0. The Morgan fingerprint density at radius 3 is 1.00 bits per heavy atom. The minimum atomic E-state index is -3.13. The molecule has 0 atom stereocenters. The van der Waals surface area contributed by atoms with Gasteiger partial charge in [0.15, 0.2) is 0 Å². The van der Waals surface area contributed by atoms with Gasteiger partial charge in [-0.05, 0) is 0 Å². The zero-order valence-electron chi connectivity index (χ0n) is 7.01. The van der Waals surface area contributed by atoms with Crippen LogP contribution in [0.25, 0.3) is 0 Å². The van der Waals surface area contributed by atoms with Crippen LogP contribution in [0.4, 0.5) is 0 Å². The van der Waals surface area contributed by atoms with Gasteiger partial charge in [0, 0.05) is 21.7 Å². The van der Waals surface area contributed by atoms with Crippen LogP contribution in [-0.2, 0) is 26.2 Å². The Kier molecular flexibility index (Phi) is 299. The summed E-state index contributed by atoms with van der Waals surface area (Å²) in [5, 5.41) is 0. The Bertz CT molecular complexity index is 44.4. The monoisotopic (exact) mass is 240 g/mol. The van der Waals surface area contributed by atoms with Crippen molar-refractivity contribution in [2.45, 2.75) is 0 Å². The van der Waals surface area contributed by atoms with Crippen molar-refractivity contribution in [2.75, 3.05) is 0 Å². The van der Waals surface area contributed by atoms with E-state index in [1.807, 2.05) is 0 Å². The van der Waals surface area contributed by atoms with Gasteiger partial charge in [0.25, 0.3) is 0 Å². The molecule has 0 heterocycles. The molecular formula is H12CaO7SiTi. The molecule has 64 valence electrons. The molecule has 0 aliphatic heterocycles. The van der Waals surface area contributed by atoms with E-state index in [-0.39, 0.29) is 84.2 Å². The second-order valence-corrected chi connectivity index (χ2v) is 0.848. The summed E-state index contributed by atoms with van der Waals surface area (Å²) < 4.78 is 8.74. The molecule has 0 amide bonds. The van der Waals surface area contributed by atoms with Crippen molar-refractivity contribution in [2.24, 2.45) is 0 Å². The van der Waals surface area contributed by atoms with Gasteiger partial charge >= 0.3 is 46.9 Å². The summed E-state index contributed by atoms with van der Waals surface area (Å²) in [6.45, 7) is 0. The molecule has 0 unspecified atom stereocenters. The van der Waals surface area contributed by atoms with Crippen molar-refractivity contribution < 1.29 is 60.5 Å². The quantitative estimate of drug-likeness (QED) is 0.402. The number of rotatable bonds is 0. The van der Waals surface area contributed by atoms with Crippen LogP contribution in [0, 0.1) is 0 Å². The Hall–Kier alpha value is 1.43. The molecule has 0 fully saturated rings. The molecule has 7 nitrogen and oxygen atoms in total. The van der Waals surface area contributed by atoms with Crippen molar-refractivity contribution in [1.29, 1.82) is 0 Å². The van der Waals surface area contributed by atoms with E-state index in [9.17, 15) is 0 Å². The molecule has 0 aromatic heterocycles. The van der Waals surface area contributed by atoms with Crippen LogP contribution < -0.4 is 0 Å². The molecule has 0 bridgehead atoms. The molecule has 0 aromatic carbocycles. The topological polar surface area (TPSA) is 184 Å². The minimum Gasteiger partial charge on any atom is -1.00 e. The zero-order chi connectivity index (χ0) is 3.58. The van der Waals surface area contributed by atoms with Gasteiger partial charge in [-0.3, -0.25) is 4.46 Å². The van der Waals surface area contributed by atoms with E-state index in [1.165, 1.54) is 0 Å². The second-order valence-electron chi connectivity index (χ2n) is 0.283. The van der Waals surface area contributed by atoms with Crippen LogP contribution in [0.2, 0.25) is 0 Å². The molecule has 10 heteroatoms. The van der Waals surface area contributed by atoms with Crippen LogP contribution in [0.5, 0.6) is 0 Å². The van der Waals surface area contributed by atoms with E-state index in [0.717, 1.165) is 0 Å². The Morgan fingerprint density at radius 2 is 1.00 bits per heavy atom. The molecule has 10 heavy (non-hydrogen) atoms. The molecule has 0 spiro atoms. The maximum Gasteiger partial charge on any atom is 2.00 e. The van der Waals surface area contributed by atoms with Gasteiger partial charge in [-0.1, -0.05) is 0 Å². The molecule has 10 N–H and O–H groups in total. The first kappa shape index (κ1) is 63.3. The second kappa shape index (κ2) is 47.3. The fourth-order valence-corrected chi connectivity index (χ4v) is 0. The van der Waals surface area contributed by atoms with E-state index >= 15 is 0 Å². The summed E-state index contributed by atoms with van der Waals surface area (Å²) in [6, 6.07) is 0. The molecule has 0 saturated carbocycles. The summed E-state index contributed by atoms with van der Waals surface area (Å²) >= 11 is 0. The maximum absolute atomic E-state index is 8.74. The SMILES string of the molecule is O.O.O.O.O=[Si](O)O.[Ca+2].[H-].[H-].[Ti]. The van der Waals surface area contributed by atoms with Crippen molar-refractivity contribution in [3.05, 3.63) is 0 Å². The van der Waals surface area contributed by atoms with Crippen LogP contribution in [0.1, 0.15) is 2.85 Å². The molecule has 0 aromatic rings. The van der Waals surface area contributed by atoms with Gasteiger partial charge in [0.1, 0.15) is 0 Å². The van der Waals surface area contributed by atoms with Gasteiger partial charge in [0.2, 0.25) is 0 Å². The van der Waals surface area contributed by atoms with E-state index in [0.29, 0.717) is 0 Å². The number of hydrogen-bond donors (Lipinski definition) is 2. The average Bonchev–Trinajstić information content (AvgIpc) is 0.811. The first-order chi connectivity index (χ1) is 1.73. The third-order valence-corrected chi connectivity index (χ3v) is 0. The summed E-state index contributed by atoms with van der Waals surface area (Å²) in [5.74, 6) is 0. The predicted octanol–water partition coefficient (Wildman–Crippen LogP) is -5.07. The normalized spacial score (nSPS) is 2.40. The third kappa shape index (κ3) is 327. The van der Waals surface area contributed by atoms with Crippen molar-refractivity contribution in [3.63, 3.8) is 0 Å². The summed E-state index contributed by atoms with van der Waals surface area (Å²) in [5.41, 5.74) is 0. The Labute approximate surface area is 106 Å². The van der Waals surface area contributed by atoms with Crippen LogP contribution >= 0.6 is 0 Å². The minimum absolute atomic E-state index is 0. The van der Waals surface area contributed by atoms with Crippen LogP contribution in [-0.4, -0.2) is 78.4 Å². The smallest absolute Gasteiger partial charge is 1.00 e. The molecule has 0 aliphatic rings. The zero-order valence-corrected chi connectivity index (χ0v) is 9.78. The first-order valence-electron chi connectivity index (χ1n) is 0.651. The summed E-state index contributed by atoms with van der Waals surface area (Å²) in [6.07, 6.45) is 0. The van der Waals surface area contributed by atoms with Gasteiger partial charge in [-0.2, -0.15) is 0 Å². The number of hydrogen-bond acceptors (Lipinski definition) is 1. The van der Waals surface area contributed by atoms with Crippen molar-refractivity contribution in [1.82, 2.24) is 0 Å². The fraction of sp³-hybridized carbons (Fsp3) is 0. The van der Waals surface area contributed by atoms with Gasteiger partial charge in [-0.15, -0.1) is 0 Å². The maximum atomic E-state index is 8.74. The van der Waals surface area contributed by atoms with Gasteiger partial charge in [-0.25, -0.2) is 0 Å². The van der Waals surface area contributed by atoms with Crippen molar-refractivity contribution >= 4 is 46.9 Å². The van der Waals surface area contributed by atoms with Crippen LogP contribution in [0.15, 0.2) is 0 Å². The summed E-state index contributed by atoms with van der Waals surface area (Å²) in [4.78, 5) is 14.3. The average molecular weight is 240 g/mol. The molecule has 0 rings (SSSR count). The van der Waals surface area contributed by atoms with Gasteiger partial charge < -0.3 is 34.3 Å². The van der Waals surface area contributed by atoms with E-state index in [1.54, 1.807) is 0 Å². The molecule has 0 saturated heterocycles. The summed E-state index contributed by atoms with van der Waals surface area (Å²) in [7, 11) is -3.13. The molecule has 0 radical (unpaired) electrons.